The minimum absolute atomic E-state index is 0.303. The van der Waals surface area contributed by atoms with Crippen LogP contribution in [0.1, 0.15) is 54.4 Å². The van der Waals surface area contributed by atoms with Crippen molar-refractivity contribution in [2.75, 3.05) is 52.4 Å². The molecule has 0 spiro atoms. The lowest BCUT2D eigenvalue weighted by molar-refractivity contribution is -0.0251. The van der Waals surface area contributed by atoms with Crippen LogP contribution in [0.2, 0.25) is 0 Å². The van der Waals surface area contributed by atoms with Gasteiger partial charge in [0.1, 0.15) is 0 Å². The van der Waals surface area contributed by atoms with Crippen molar-refractivity contribution in [3.05, 3.63) is 0 Å². The Morgan fingerprint density at radius 3 is 1.70 bits per heavy atom. The number of likely N-dealkylation sites (tertiary alicyclic amines) is 1. The van der Waals surface area contributed by atoms with Gasteiger partial charge in [-0.25, -0.2) is 0 Å². The minimum Gasteiger partial charge on any atom is -0.377 e. The summed E-state index contributed by atoms with van der Waals surface area (Å²) in [6, 6.07) is 0. The Morgan fingerprint density at radius 2 is 1.22 bits per heavy atom. The first-order valence-corrected chi connectivity index (χ1v) is 9.50. The Kier molecular flexibility index (Phi) is 6.51. The average molecular weight is 326 g/mol. The minimum atomic E-state index is 0.303. The van der Waals surface area contributed by atoms with Gasteiger partial charge in [0.15, 0.2) is 0 Å². The fourth-order valence-electron chi connectivity index (χ4n) is 3.68. The number of nitrogens with zero attached hydrogens (tertiary/aromatic N) is 3. The third kappa shape index (κ3) is 6.00. The molecule has 0 bridgehead atoms. The van der Waals surface area contributed by atoms with Gasteiger partial charge in [0, 0.05) is 56.9 Å². The number of ether oxygens (including phenoxy) is 1. The van der Waals surface area contributed by atoms with Crippen LogP contribution in [0.3, 0.4) is 0 Å². The van der Waals surface area contributed by atoms with E-state index < -0.39 is 0 Å². The first-order valence-electron chi connectivity index (χ1n) is 9.50. The molecule has 0 aliphatic carbocycles. The highest BCUT2D eigenvalue weighted by molar-refractivity contribution is 4.83. The van der Waals surface area contributed by atoms with E-state index in [0.717, 1.165) is 13.2 Å². The highest BCUT2D eigenvalue weighted by Crippen LogP contribution is 2.21. The third-order valence-electron chi connectivity index (χ3n) is 5.47. The lowest BCUT2D eigenvalue weighted by Crippen LogP contribution is -2.54. The van der Waals surface area contributed by atoms with Crippen molar-refractivity contribution >= 4 is 0 Å². The van der Waals surface area contributed by atoms with Crippen molar-refractivity contribution < 1.29 is 4.74 Å². The van der Waals surface area contributed by atoms with Crippen LogP contribution in [0, 0.1) is 0 Å². The summed E-state index contributed by atoms with van der Waals surface area (Å²) in [6.07, 6.45) is 2.86. The molecule has 0 amide bonds. The first-order chi connectivity index (χ1) is 10.7. The van der Waals surface area contributed by atoms with E-state index in [4.69, 9.17) is 4.74 Å². The van der Waals surface area contributed by atoms with Crippen LogP contribution in [-0.2, 0) is 4.74 Å². The number of piperazine rings is 1. The topological polar surface area (TPSA) is 19.0 Å². The van der Waals surface area contributed by atoms with Gasteiger partial charge in [-0.2, -0.15) is 0 Å². The fraction of sp³-hybridized carbons (Fsp3) is 1.00. The number of piperidine rings is 1. The van der Waals surface area contributed by atoms with Crippen molar-refractivity contribution in [1.29, 1.82) is 0 Å². The van der Waals surface area contributed by atoms with Gasteiger partial charge in [0.05, 0.1) is 12.7 Å². The molecule has 2 rings (SSSR count). The third-order valence-corrected chi connectivity index (χ3v) is 5.47. The molecule has 2 saturated heterocycles. The van der Waals surface area contributed by atoms with Crippen LogP contribution >= 0.6 is 0 Å². The summed E-state index contributed by atoms with van der Waals surface area (Å²) in [4.78, 5) is 7.73. The second-order valence-electron chi connectivity index (χ2n) is 9.23. The van der Waals surface area contributed by atoms with Gasteiger partial charge < -0.3 is 4.74 Å². The van der Waals surface area contributed by atoms with E-state index in [2.05, 4.69) is 56.2 Å². The summed E-state index contributed by atoms with van der Waals surface area (Å²) in [7, 11) is 0. The molecule has 0 aromatic carbocycles. The van der Waals surface area contributed by atoms with Crippen LogP contribution in [-0.4, -0.2) is 84.3 Å². The molecule has 136 valence electrons. The zero-order valence-electron chi connectivity index (χ0n) is 16.4. The van der Waals surface area contributed by atoms with Gasteiger partial charge in [-0.1, -0.05) is 0 Å². The number of rotatable bonds is 4. The SMILES string of the molecule is CC(C)(C)N1CCC(OCCN2CCN(C(C)(C)C)CC2)CC1. The van der Waals surface area contributed by atoms with Gasteiger partial charge >= 0.3 is 0 Å². The summed E-state index contributed by atoms with van der Waals surface area (Å²) >= 11 is 0. The Bertz CT molecular complexity index is 309. The Hall–Kier alpha value is -0.160. The zero-order valence-corrected chi connectivity index (χ0v) is 16.4. The van der Waals surface area contributed by atoms with Crippen molar-refractivity contribution in [3.8, 4) is 0 Å². The Morgan fingerprint density at radius 1 is 0.739 bits per heavy atom. The summed E-state index contributed by atoms with van der Waals surface area (Å²) in [5.41, 5.74) is 0.612. The largest absolute Gasteiger partial charge is 0.377 e. The molecule has 4 nitrogen and oxygen atoms in total. The predicted molar refractivity (Wildman–Crippen MR) is 98.1 cm³/mol. The Balaban J connectivity index is 1.59. The number of hydrogen-bond acceptors (Lipinski definition) is 4. The Labute approximate surface area is 144 Å². The molecule has 2 aliphatic rings. The molecule has 2 fully saturated rings. The molecule has 0 atom stereocenters. The molecule has 23 heavy (non-hydrogen) atoms. The highest BCUT2D eigenvalue weighted by Gasteiger charge is 2.28. The van der Waals surface area contributed by atoms with Gasteiger partial charge in [0.25, 0.3) is 0 Å². The molecular weight excluding hydrogens is 286 g/mol. The first kappa shape index (κ1) is 19.2. The van der Waals surface area contributed by atoms with Gasteiger partial charge in [-0.05, 0) is 54.4 Å². The average Bonchev–Trinajstić information content (AvgIpc) is 2.46. The maximum atomic E-state index is 6.16. The number of hydrogen-bond donors (Lipinski definition) is 0. The van der Waals surface area contributed by atoms with Crippen LogP contribution in [0.5, 0.6) is 0 Å². The molecule has 0 radical (unpaired) electrons. The van der Waals surface area contributed by atoms with Crippen molar-refractivity contribution in [2.24, 2.45) is 0 Å². The molecular formula is C19H39N3O. The normalized spacial score (nSPS) is 24.3. The molecule has 2 heterocycles. The van der Waals surface area contributed by atoms with Gasteiger partial charge in [0.2, 0.25) is 0 Å². The quantitative estimate of drug-likeness (QED) is 0.791. The van der Waals surface area contributed by atoms with Crippen LogP contribution in [0.15, 0.2) is 0 Å². The molecule has 0 aromatic heterocycles. The highest BCUT2D eigenvalue weighted by atomic mass is 16.5. The second-order valence-corrected chi connectivity index (χ2v) is 9.23. The van der Waals surface area contributed by atoms with E-state index in [9.17, 15) is 0 Å². The maximum absolute atomic E-state index is 6.16. The maximum Gasteiger partial charge on any atom is 0.0600 e. The standard InChI is InChI=1S/C19H39N3O/c1-18(2,3)21-9-7-17(8-10-21)23-16-15-20-11-13-22(14-12-20)19(4,5)6/h17H,7-16H2,1-6H3. The van der Waals surface area contributed by atoms with Crippen molar-refractivity contribution in [2.45, 2.75) is 71.6 Å². The van der Waals surface area contributed by atoms with E-state index in [-0.39, 0.29) is 0 Å². The summed E-state index contributed by atoms with van der Waals surface area (Å²) in [5, 5.41) is 0. The van der Waals surface area contributed by atoms with Crippen molar-refractivity contribution in [1.82, 2.24) is 14.7 Å². The van der Waals surface area contributed by atoms with E-state index in [0.29, 0.717) is 17.2 Å². The lowest BCUT2D eigenvalue weighted by atomic mass is 9.99. The van der Waals surface area contributed by atoms with Gasteiger partial charge in [-0.15, -0.1) is 0 Å². The van der Waals surface area contributed by atoms with E-state index >= 15 is 0 Å². The monoisotopic (exact) mass is 325 g/mol. The smallest absolute Gasteiger partial charge is 0.0600 e. The fourth-order valence-corrected chi connectivity index (χ4v) is 3.68. The second kappa shape index (κ2) is 7.81. The molecule has 0 unspecified atom stereocenters. The molecule has 0 N–H and O–H groups in total. The molecule has 0 saturated carbocycles. The molecule has 2 aliphatic heterocycles. The van der Waals surface area contributed by atoms with Crippen LogP contribution in [0.25, 0.3) is 0 Å². The van der Waals surface area contributed by atoms with E-state index in [1.54, 1.807) is 0 Å². The van der Waals surface area contributed by atoms with Crippen LogP contribution in [0.4, 0.5) is 0 Å². The van der Waals surface area contributed by atoms with E-state index in [1.165, 1.54) is 52.1 Å². The lowest BCUT2D eigenvalue weighted by Gasteiger charge is -2.42. The van der Waals surface area contributed by atoms with Crippen LogP contribution < -0.4 is 0 Å². The summed E-state index contributed by atoms with van der Waals surface area (Å²) in [5.74, 6) is 0. The van der Waals surface area contributed by atoms with E-state index in [1.807, 2.05) is 0 Å². The van der Waals surface area contributed by atoms with Gasteiger partial charge in [-0.3, -0.25) is 14.7 Å². The zero-order chi connectivity index (χ0) is 17.1. The predicted octanol–water partition coefficient (Wildman–Crippen LogP) is 2.68. The summed E-state index contributed by atoms with van der Waals surface area (Å²) < 4.78 is 6.16. The molecule has 4 heteroatoms. The summed E-state index contributed by atoms with van der Waals surface area (Å²) in [6.45, 7) is 23.0. The van der Waals surface area contributed by atoms with Crippen molar-refractivity contribution in [3.63, 3.8) is 0 Å². The molecule has 0 aromatic rings.